The van der Waals surface area contributed by atoms with Gasteiger partial charge in [0.25, 0.3) is 0 Å². The third-order valence-electron chi connectivity index (χ3n) is 3.73. The maximum atomic E-state index is 12.0. The average Bonchev–Trinajstić information content (AvgIpc) is 3.23. The first kappa shape index (κ1) is 14.4. The summed E-state index contributed by atoms with van der Waals surface area (Å²) in [6, 6.07) is 5.38. The van der Waals surface area contributed by atoms with Gasteiger partial charge < -0.3 is 15.5 Å². The Morgan fingerprint density at radius 1 is 1.30 bits per heavy atom. The monoisotopic (exact) mass is 277 g/mol. The number of aromatic hydroxyl groups is 1. The van der Waals surface area contributed by atoms with Crippen LogP contribution in [0, 0.1) is 11.8 Å². The van der Waals surface area contributed by atoms with Gasteiger partial charge in [0.2, 0.25) is 5.91 Å². The zero-order chi connectivity index (χ0) is 14.7. The number of nitrogens with one attached hydrogen (secondary N) is 1. The number of carboxylic acid groups (broad SMARTS) is 1. The van der Waals surface area contributed by atoms with Gasteiger partial charge in [-0.3, -0.25) is 4.79 Å². The minimum absolute atomic E-state index is 0.128. The minimum Gasteiger partial charge on any atom is -0.508 e. The molecule has 1 aromatic carbocycles. The number of carbonyl (C=O) groups excluding carboxylic acids is 1. The Labute approximate surface area is 117 Å². The number of amides is 1. The summed E-state index contributed by atoms with van der Waals surface area (Å²) < 4.78 is 0. The first-order chi connectivity index (χ1) is 9.47. The molecule has 2 unspecified atom stereocenters. The van der Waals surface area contributed by atoms with Crippen LogP contribution in [0.4, 0.5) is 0 Å². The smallest absolute Gasteiger partial charge is 0.326 e. The molecule has 2 atom stereocenters. The highest BCUT2D eigenvalue weighted by atomic mass is 16.4. The van der Waals surface area contributed by atoms with Gasteiger partial charge in [0.05, 0.1) is 0 Å². The molecule has 5 heteroatoms. The van der Waals surface area contributed by atoms with Crippen molar-refractivity contribution >= 4 is 11.9 Å². The first-order valence-electron chi connectivity index (χ1n) is 6.78. The van der Waals surface area contributed by atoms with E-state index >= 15 is 0 Å². The topological polar surface area (TPSA) is 86.6 Å². The summed E-state index contributed by atoms with van der Waals surface area (Å²) in [7, 11) is 0. The molecule has 0 heterocycles. The first-order valence-corrected chi connectivity index (χ1v) is 6.78. The van der Waals surface area contributed by atoms with Crippen LogP contribution in [0.1, 0.15) is 25.3 Å². The lowest BCUT2D eigenvalue weighted by molar-refractivity contribution is -0.142. The molecule has 0 aromatic heterocycles. The fourth-order valence-electron chi connectivity index (χ4n) is 2.18. The van der Waals surface area contributed by atoms with E-state index in [1.54, 1.807) is 12.1 Å². The molecule has 3 N–H and O–H groups in total. The van der Waals surface area contributed by atoms with E-state index in [4.69, 9.17) is 0 Å². The Hall–Kier alpha value is -2.04. The van der Waals surface area contributed by atoms with E-state index in [0.29, 0.717) is 5.92 Å². The lowest BCUT2D eigenvalue weighted by Crippen LogP contribution is -2.44. The van der Waals surface area contributed by atoms with E-state index in [9.17, 15) is 19.8 Å². The van der Waals surface area contributed by atoms with Crippen LogP contribution in [-0.4, -0.2) is 28.1 Å². The highest BCUT2D eigenvalue weighted by Crippen LogP contribution is 2.36. The van der Waals surface area contributed by atoms with E-state index in [-0.39, 0.29) is 24.0 Å². The molecule has 0 radical (unpaired) electrons. The van der Waals surface area contributed by atoms with Crippen LogP contribution >= 0.6 is 0 Å². The van der Waals surface area contributed by atoms with E-state index in [0.717, 1.165) is 18.4 Å². The number of carboxylic acids is 1. The van der Waals surface area contributed by atoms with Crippen LogP contribution < -0.4 is 5.32 Å². The third-order valence-corrected chi connectivity index (χ3v) is 3.73. The molecule has 0 aliphatic heterocycles. The summed E-state index contributed by atoms with van der Waals surface area (Å²) in [6.07, 6.45) is 2.30. The molecular weight excluding hydrogens is 258 g/mol. The number of rotatable bonds is 6. The lowest BCUT2D eigenvalue weighted by atomic mass is 10.0. The quantitative estimate of drug-likeness (QED) is 0.736. The lowest BCUT2D eigenvalue weighted by Gasteiger charge is -2.17. The Kier molecular flexibility index (Phi) is 4.27. The minimum atomic E-state index is -1.05. The van der Waals surface area contributed by atoms with Crippen LogP contribution in [0.5, 0.6) is 5.75 Å². The molecule has 2 rings (SSSR count). The number of phenolic OH excluding ortho intramolecular Hbond substituents is 1. The second-order valence-electron chi connectivity index (χ2n) is 5.40. The Morgan fingerprint density at radius 2 is 1.90 bits per heavy atom. The molecule has 1 fully saturated rings. The Bertz CT molecular complexity index is 493. The highest BCUT2D eigenvalue weighted by Gasteiger charge is 2.34. The van der Waals surface area contributed by atoms with Gasteiger partial charge >= 0.3 is 5.97 Å². The third kappa shape index (κ3) is 3.73. The number of hydrogen-bond acceptors (Lipinski definition) is 3. The maximum absolute atomic E-state index is 12.0. The van der Waals surface area contributed by atoms with Crippen LogP contribution in [0.25, 0.3) is 0 Å². The summed E-state index contributed by atoms with van der Waals surface area (Å²) in [5, 5.41) is 21.0. The van der Waals surface area contributed by atoms with Crippen LogP contribution in [-0.2, 0) is 16.0 Å². The zero-order valence-corrected chi connectivity index (χ0v) is 11.4. The van der Waals surface area contributed by atoms with E-state index in [1.807, 2.05) is 6.92 Å². The number of aliphatic carboxylic acids is 1. The fraction of sp³-hybridized carbons (Fsp3) is 0.467. The molecule has 0 spiro atoms. The number of phenols is 1. The van der Waals surface area contributed by atoms with Gasteiger partial charge in [-0.05, 0) is 36.5 Å². The van der Waals surface area contributed by atoms with Crippen molar-refractivity contribution in [3.8, 4) is 5.75 Å². The molecule has 0 bridgehead atoms. The second kappa shape index (κ2) is 5.94. The largest absolute Gasteiger partial charge is 0.508 e. The average molecular weight is 277 g/mol. The summed E-state index contributed by atoms with van der Waals surface area (Å²) in [5.41, 5.74) is 0.759. The van der Waals surface area contributed by atoms with Crippen molar-refractivity contribution in [2.24, 2.45) is 11.8 Å². The SMILES string of the molecule is CC(C(=O)NC(Cc1ccc(O)cc1)C(=O)O)C1CC1. The van der Waals surface area contributed by atoms with E-state index in [1.165, 1.54) is 12.1 Å². The van der Waals surface area contributed by atoms with Crippen molar-refractivity contribution in [3.05, 3.63) is 29.8 Å². The van der Waals surface area contributed by atoms with Crippen molar-refractivity contribution in [2.45, 2.75) is 32.2 Å². The summed E-state index contributed by atoms with van der Waals surface area (Å²) in [4.78, 5) is 23.2. The molecule has 20 heavy (non-hydrogen) atoms. The highest BCUT2D eigenvalue weighted by molar-refractivity contribution is 5.85. The molecule has 0 saturated heterocycles. The van der Waals surface area contributed by atoms with E-state index in [2.05, 4.69) is 5.32 Å². The van der Waals surface area contributed by atoms with Gasteiger partial charge in [-0.15, -0.1) is 0 Å². The van der Waals surface area contributed by atoms with Gasteiger partial charge in [0.1, 0.15) is 11.8 Å². The Balaban J connectivity index is 1.97. The summed E-state index contributed by atoms with van der Waals surface area (Å²) in [6.45, 7) is 1.84. The Morgan fingerprint density at radius 3 is 2.40 bits per heavy atom. The van der Waals surface area contributed by atoms with Crippen LogP contribution in [0.2, 0.25) is 0 Å². The predicted molar refractivity (Wildman–Crippen MR) is 73.3 cm³/mol. The summed E-state index contributed by atoms with van der Waals surface area (Å²) >= 11 is 0. The molecule has 1 aliphatic carbocycles. The molecule has 1 aliphatic rings. The van der Waals surface area contributed by atoms with Crippen molar-refractivity contribution in [2.75, 3.05) is 0 Å². The zero-order valence-electron chi connectivity index (χ0n) is 11.4. The van der Waals surface area contributed by atoms with Gasteiger partial charge in [-0.2, -0.15) is 0 Å². The standard InChI is InChI=1S/C15H19NO4/c1-9(11-4-5-11)14(18)16-13(15(19)20)8-10-2-6-12(17)7-3-10/h2-3,6-7,9,11,13,17H,4-5,8H2,1H3,(H,16,18)(H,19,20). The van der Waals surface area contributed by atoms with E-state index < -0.39 is 12.0 Å². The maximum Gasteiger partial charge on any atom is 0.326 e. The summed E-state index contributed by atoms with van der Waals surface area (Å²) in [5.74, 6) is -0.838. The van der Waals surface area contributed by atoms with Gasteiger partial charge in [0.15, 0.2) is 0 Å². The second-order valence-corrected chi connectivity index (χ2v) is 5.40. The number of hydrogen-bond donors (Lipinski definition) is 3. The number of carbonyl (C=O) groups is 2. The van der Waals surface area contributed by atoms with Crippen molar-refractivity contribution in [1.29, 1.82) is 0 Å². The van der Waals surface area contributed by atoms with Crippen molar-refractivity contribution < 1.29 is 19.8 Å². The van der Waals surface area contributed by atoms with Gasteiger partial charge in [-0.1, -0.05) is 19.1 Å². The van der Waals surface area contributed by atoms with Gasteiger partial charge in [-0.25, -0.2) is 4.79 Å². The van der Waals surface area contributed by atoms with Crippen LogP contribution in [0.15, 0.2) is 24.3 Å². The molecule has 108 valence electrons. The molecule has 1 amide bonds. The van der Waals surface area contributed by atoms with Gasteiger partial charge in [0, 0.05) is 12.3 Å². The van der Waals surface area contributed by atoms with Crippen LogP contribution in [0.3, 0.4) is 0 Å². The molecule has 1 aromatic rings. The number of benzene rings is 1. The van der Waals surface area contributed by atoms with Crippen molar-refractivity contribution in [1.82, 2.24) is 5.32 Å². The molecular formula is C15H19NO4. The van der Waals surface area contributed by atoms with Crippen molar-refractivity contribution in [3.63, 3.8) is 0 Å². The molecule has 1 saturated carbocycles. The normalized spacial score (nSPS) is 17.2. The predicted octanol–water partition coefficient (Wildman–Crippen LogP) is 1.55. The molecule has 5 nitrogen and oxygen atoms in total. The fourth-order valence-corrected chi connectivity index (χ4v) is 2.18.